The van der Waals surface area contributed by atoms with Crippen LogP contribution in [0.4, 0.5) is 0 Å². The van der Waals surface area contributed by atoms with Crippen molar-refractivity contribution in [3.05, 3.63) is 39.7 Å². The van der Waals surface area contributed by atoms with Crippen LogP contribution in [0.15, 0.2) is 22.0 Å². The SMILES string of the molecule is CCc1nn(C)c(Cl)c1CNCc1noc(-c2cccs2)n1. The van der Waals surface area contributed by atoms with E-state index in [2.05, 4.69) is 27.5 Å². The van der Waals surface area contributed by atoms with Crippen LogP contribution in [0.25, 0.3) is 10.8 Å². The third-order valence-electron chi connectivity index (χ3n) is 3.27. The first kappa shape index (κ1) is 15.2. The highest BCUT2D eigenvalue weighted by atomic mass is 35.5. The summed E-state index contributed by atoms with van der Waals surface area (Å²) in [6.45, 7) is 3.20. The Labute approximate surface area is 137 Å². The Morgan fingerprint density at radius 3 is 3.00 bits per heavy atom. The molecule has 0 radical (unpaired) electrons. The van der Waals surface area contributed by atoms with E-state index in [-0.39, 0.29) is 0 Å². The van der Waals surface area contributed by atoms with E-state index < -0.39 is 0 Å². The van der Waals surface area contributed by atoms with E-state index in [1.807, 2.05) is 24.6 Å². The summed E-state index contributed by atoms with van der Waals surface area (Å²) in [6, 6.07) is 3.91. The van der Waals surface area contributed by atoms with Gasteiger partial charge in [-0.25, -0.2) is 0 Å². The zero-order chi connectivity index (χ0) is 15.5. The number of rotatable bonds is 6. The van der Waals surface area contributed by atoms with Crippen molar-refractivity contribution in [2.75, 3.05) is 0 Å². The molecule has 22 heavy (non-hydrogen) atoms. The maximum absolute atomic E-state index is 6.26. The highest BCUT2D eigenvalue weighted by Gasteiger charge is 2.14. The number of nitrogens with one attached hydrogen (secondary N) is 1. The zero-order valence-electron chi connectivity index (χ0n) is 12.3. The molecule has 0 saturated carbocycles. The number of halogens is 1. The zero-order valence-corrected chi connectivity index (χ0v) is 13.9. The second-order valence-corrected chi connectivity index (χ2v) is 6.10. The van der Waals surface area contributed by atoms with Crippen molar-refractivity contribution in [1.82, 2.24) is 25.2 Å². The van der Waals surface area contributed by atoms with Gasteiger partial charge in [0.25, 0.3) is 5.89 Å². The lowest BCUT2D eigenvalue weighted by Gasteiger charge is -2.02. The standard InChI is InChI=1S/C14H16ClN5OS/c1-3-10-9(13(15)20(2)18-10)7-16-8-12-17-14(21-19-12)11-5-4-6-22-11/h4-6,16H,3,7-8H2,1-2H3. The minimum Gasteiger partial charge on any atom is -0.333 e. The fourth-order valence-corrected chi connectivity index (χ4v) is 3.04. The molecule has 0 aliphatic heterocycles. The molecule has 0 atom stereocenters. The summed E-state index contributed by atoms with van der Waals surface area (Å²) < 4.78 is 6.95. The molecule has 0 spiro atoms. The van der Waals surface area contributed by atoms with E-state index in [4.69, 9.17) is 16.1 Å². The quantitative estimate of drug-likeness (QED) is 0.748. The number of hydrogen-bond acceptors (Lipinski definition) is 6. The van der Waals surface area contributed by atoms with Gasteiger partial charge in [-0.15, -0.1) is 11.3 Å². The monoisotopic (exact) mass is 337 g/mol. The van der Waals surface area contributed by atoms with Gasteiger partial charge in [-0.1, -0.05) is 29.7 Å². The van der Waals surface area contributed by atoms with Gasteiger partial charge in [0.05, 0.1) is 17.1 Å². The summed E-state index contributed by atoms with van der Waals surface area (Å²) in [5, 5.41) is 14.3. The van der Waals surface area contributed by atoms with Crippen LogP contribution >= 0.6 is 22.9 Å². The van der Waals surface area contributed by atoms with Gasteiger partial charge in [0, 0.05) is 19.2 Å². The molecule has 3 aromatic rings. The first-order valence-electron chi connectivity index (χ1n) is 6.96. The molecule has 0 aliphatic rings. The third-order valence-corrected chi connectivity index (χ3v) is 4.60. The molecule has 0 unspecified atom stereocenters. The van der Waals surface area contributed by atoms with Gasteiger partial charge in [-0.05, 0) is 17.9 Å². The van der Waals surface area contributed by atoms with Crippen LogP contribution in [0.3, 0.4) is 0 Å². The number of aryl methyl sites for hydroxylation is 2. The molecule has 0 fully saturated rings. The Hall–Kier alpha value is -1.70. The molecule has 0 aromatic carbocycles. The second-order valence-electron chi connectivity index (χ2n) is 4.79. The topological polar surface area (TPSA) is 68.8 Å². The summed E-state index contributed by atoms with van der Waals surface area (Å²) in [6.07, 6.45) is 0.850. The molecule has 0 bridgehead atoms. The summed E-state index contributed by atoms with van der Waals surface area (Å²) in [5.41, 5.74) is 2.03. The number of hydrogen-bond donors (Lipinski definition) is 1. The fraction of sp³-hybridized carbons (Fsp3) is 0.357. The molecule has 116 valence electrons. The molecule has 0 aliphatic carbocycles. The third kappa shape index (κ3) is 3.06. The lowest BCUT2D eigenvalue weighted by molar-refractivity contribution is 0.420. The largest absolute Gasteiger partial charge is 0.333 e. The molecule has 0 amide bonds. The molecule has 3 rings (SSSR count). The highest BCUT2D eigenvalue weighted by Crippen LogP contribution is 2.22. The summed E-state index contributed by atoms with van der Waals surface area (Å²) >= 11 is 7.83. The predicted octanol–water partition coefficient (Wildman–Crippen LogP) is 3.04. The Balaban J connectivity index is 1.62. The molecule has 6 nitrogen and oxygen atoms in total. The van der Waals surface area contributed by atoms with Crippen LogP contribution in [-0.2, 0) is 26.6 Å². The molecule has 1 N–H and O–H groups in total. The first-order chi connectivity index (χ1) is 10.7. The van der Waals surface area contributed by atoms with Crippen molar-refractivity contribution in [2.24, 2.45) is 7.05 Å². The lowest BCUT2D eigenvalue weighted by atomic mass is 10.2. The molecule has 0 saturated heterocycles. The predicted molar refractivity (Wildman–Crippen MR) is 85.8 cm³/mol. The minimum atomic E-state index is 0.517. The van der Waals surface area contributed by atoms with E-state index in [1.165, 1.54) is 0 Å². The van der Waals surface area contributed by atoms with Gasteiger partial charge in [0.15, 0.2) is 5.82 Å². The van der Waals surface area contributed by atoms with Crippen LogP contribution in [0, 0.1) is 0 Å². The van der Waals surface area contributed by atoms with E-state index >= 15 is 0 Å². The molecule has 8 heteroatoms. The van der Waals surface area contributed by atoms with Gasteiger partial charge in [0.2, 0.25) is 0 Å². The van der Waals surface area contributed by atoms with Crippen LogP contribution in [-0.4, -0.2) is 19.9 Å². The summed E-state index contributed by atoms with van der Waals surface area (Å²) in [4.78, 5) is 5.34. The molecule has 3 heterocycles. The molecular formula is C14H16ClN5OS. The maximum atomic E-state index is 6.26. The molecule has 3 aromatic heterocycles. The first-order valence-corrected chi connectivity index (χ1v) is 8.22. The normalized spacial score (nSPS) is 11.2. The average Bonchev–Trinajstić information content (AvgIpc) is 3.23. The van der Waals surface area contributed by atoms with Crippen molar-refractivity contribution >= 4 is 22.9 Å². The van der Waals surface area contributed by atoms with Crippen molar-refractivity contribution in [1.29, 1.82) is 0 Å². The van der Waals surface area contributed by atoms with Gasteiger partial charge in [-0.2, -0.15) is 10.1 Å². The maximum Gasteiger partial charge on any atom is 0.268 e. The average molecular weight is 338 g/mol. The Morgan fingerprint density at radius 2 is 2.27 bits per heavy atom. The van der Waals surface area contributed by atoms with E-state index in [0.29, 0.717) is 30.0 Å². The van der Waals surface area contributed by atoms with Crippen molar-refractivity contribution in [3.63, 3.8) is 0 Å². The number of aromatic nitrogens is 4. The van der Waals surface area contributed by atoms with Crippen molar-refractivity contribution < 1.29 is 4.52 Å². The van der Waals surface area contributed by atoms with Crippen molar-refractivity contribution in [2.45, 2.75) is 26.4 Å². The number of nitrogens with zero attached hydrogens (tertiary/aromatic N) is 4. The summed E-state index contributed by atoms with van der Waals surface area (Å²) in [5.74, 6) is 1.18. The van der Waals surface area contributed by atoms with Gasteiger partial charge in [-0.3, -0.25) is 4.68 Å². The van der Waals surface area contributed by atoms with Gasteiger partial charge in [0.1, 0.15) is 5.15 Å². The van der Waals surface area contributed by atoms with Gasteiger partial charge < -0.3 is 9.84 Å². The van der Waals surface area contributed by atoms with Crippen molar-refractivity contribution in [3.8, 4) is 10.8 Å². The van der Waals surface area contributed by atoms with Crippen LogP contribution in [0.1, 0.15) is 24.0 Å². The number of thiophene rings is 1. The Kier molecular flexibility index (Phi) is 4.56. The van der Waals surface area contributed by atoms with E-state index in [9.17, 15) is 0 Å². The fourth-order valence-electron chi connectivity index (χ4n) is 2.18. The smallest absolute Gasteiger partial charge is 0.268 e. The van der Waals surface area contributed by atoms with Crippen LogP contribution < -0.4 is 5.32 Å². The Morgan fingerprint density at radius 1 is 1.41 bits per heavy atom. The minimum absolute atomic E-state index is 0.517. The molecular weight excluding hydrogens is 322 g/mol. The van der Waals surface area contributed by atoms with E-state index in [0.717, 1.165) is 22.6 Å². The van der Waals surface area contributed by atoms with Crippen LogP contribution in [0.5, 0.6) is 0 Å². The Bertz CT molecular complexity index is 749. The highest BCUT2D eigenvalue weighted by molar-refractivity contribution is 7.13. The lowest BCUT2D eigenvalue weighted by Crippen LogP contribution is -2.14. The van der Waals surface area contributed by atoms with Crippen LogP contribution in [0.2, 0.25) is 5.15 Å². The summed E-state index contributed by atoms with van der Waals surface area (Å²) in [7, 11) is 1.84. The van der Waals surface area contributed by atoms with E-state index in [1.54, 1.807) is 16.0 Å². The van der Waals surface area contributed by atoms with Gasteiger partial charge >= 0.3 is 0 Å². The second kappa shape index (κ2) is 6.60.